The van der Waals surface area contributed by atoms with E-state index < -0.39 is 18.9 Å². The van der Waals surface area contributed by atoms with Crippen molar-refractivity contribution < 1.29 is 23.8 Å². The monoisotopic (exact) mass is 297 g/mol. The molecule has 21 heavy (non-hydrogen) atoms. The molecule has 0 aromatic heterocycles. The molecule has 0 aliphatic carbocycles. The van der Waals surface area contributed by atoms with E-state index in [4.69, 9.17) is 10.2 Å². The van der Waals surface area contributed by atoms with E-state index in [1.165, 1.54) is 6.07 Å². The first-order chi connectivity index (χ1) is 9.97. The Balaban J connectivity index is 3.06. The molecule has 0 unspecified atom stereocenters. The van der Waals surface area contributed by atoms with Gasteiger partial charge >= 0.3 is 0 Å². The zero-order chi connectivity index (χ0) is 15.8. The summed E-state index contributed by atoms with van der Waals surface area (Å²) < 4.78 is 25.0. The number of aliphatic hydroxyl groups is 2. The van der Waals surface area contributed by atoms with Gasteiger partial charge in [-0.1, -0.05) is 11.8 Å². The molecule has 4 nitrogen and oxygen atoms in total. The normalized spacial score (nSPS) is 10.2. The highest BCUT2D eigenvalue weighted by Gasteiger charge is 2.19. The summed E-state index contributed by atoms with van der Waals surface area (Å²) in [5, 5.41) is 17.6. The molecule has 0 aliphatic rings. The fourth-order valence-electron chi connectivity index (χ4n) is 1.87. The van der Waals surface area contributed by atoms with Crippen LogP contribution in [0.2, 0.25) is 0 Å². The van der Waals surface area contributed by atoms with Crippen molar-refractivity contribution in [2.75, 3.05) is 26.3 Å². The molecule has 1 rings (SSSR count). The summed E-state index contributed by atoms with van der Waals surface area (Å²) in [7, 11) is 0. The lowest BCUT2D eigenvalue weighted by atomic mass is 10.1. The molecule has 0 fully saturated rings. The molecule has 0 saturated carbocycles. The van der Waals surface area contributed by atoms with E-state index in [1.807, 2.05) is 0 Å². The summed E-state index contributed by atoms with van der Waals surface area (Å²) >= 11 is 0. The second-order valence-corrected chi connectivity index (χ2v) is 4.41. The van der Waals surface area contributed by atoms with Gasteiger partial charge in [-0.25, -0.2) is 8.78 Å². The van der Waals surface area contributed by atoms with Gasteiger partial charge in [0.1, 0.15) is 6.61 Å². The van der Waals surface area contributed by atoms with Crippen LogP contribution in [-0.2, 0) is 0 Å². The van der Waals surface area contributed by atoms with Gasteiger partial charge in [0.25, 0.3) is 12.3 Å². The number of halogens is 2. The minimum Gasteiger partial charge on any atom is -0.395 e. The minimum atomic E-state index is -2.67. The van der Waals surface area contributed by atoms with Crippen LogP contribution in [0.3, 0.4) is 0 Å². The summed E-state index contributed by atoms with van der Waals surface area (Å²) in [6, 6.07) is 4.78. The van der Waals surface area contributed by atoms with Crippen molar-refractivity contribution in [3.63, 3.8) is 0 Å². The van der Waals surface area contributed by atoms with Crippen molar-refractivity contribution in [2.45, 2.75) is 13.3 Å². The maximum Gasteiger partial charge on any atom is 0.255 e. The third-order valence-corrected chi connectivity index (χ3v) is 2.65. The number of carbonyl (C=O) groups excluding carboxylic acids is 1. The Morgan fingerprint density at radius 2 is 2.05 bits per heavy atom. The third kappa shape index (κ3) is 5.50. The average molecular weight is 297 g/mol. The van der Waals surface area contributed by atoms with E-state index in [-0.39, 0.29) is 25.3 Å². The zero-order valence-electron chi connectivity index (χ0n) is 11.6. The fourth-order valence-corrected chi connectivity index (χ4v) is 1.87. The first-order valence-electron chi connectivity index (χ1n) is 6.37. The summed E-state index contributed by atoms with van der Waals surface area (Å²) in [6.45, 7) is 0.171. The minimum absolute atomic E-state index is 0.158. The Hall–Kier alpha value is -1.97. The van der Waals surface area contributed by atoms with E-state index in [0.717, 1.165) is 10.5 Å². The first-order valence-corrected chi connectivity index (χ1v) is 6.37. The van der Waals surface area contributed by atoms with Crippen molar-refractivity contribution in [2.24, 2.45) is 0 Å². The summed E-state index contributed by atoms with van der Waals surface area (Å²) in [6.07, 6.45) is -2.67. The number of hydrogen-bond donors (Lipinski definition) is 2. The fraction of sp³-hybridized carbons (Fsp3) is 0.400. The number of nitrogens with zero attached hydrogens (tertiary/aromatic N) is 1. The SMILES string of the molecule is Cc1cc(C#CCO)cc(C(=O)N(CCO)CC(F)F)c1. The zero-order valence-corrected chi connectivity index (χ0v) is 11.6. The molecule has 114 valence electrons. The topological polar surface area (TPSA) is 60.8 Å². The number of aryl methyl sites for hydroxylation is 1. The molecule has 1 aromatic rings. The van der Waals surface area contributed by atoms with Gasteiger partial charge in [-0.05, 0) is 30.7 Å². The molecule has 6 heteroatoms. The van der Waals surface area contributed by atoms with Crippen LogP contribution in [0.15, 0.2) is 18.2 Å². The lowest BCUT2D eigenvalue weighted by Crippen LogP contribution is -2.37. The Bertz CT molecular complexity index is 550. The first kappa shape index (κ1) is 17.1. The van der Waals surface area contributed by atoms with Gasteiger partial charge in [-0.2, -0.15) is 0 Å². The van der Waals surface area contributed by atoms with Gasteiger partial charge in [0.2, 0.25) is 0 Å². The highest BCUT2D eigenvalue weighted by Crippen LogP contribution is 2.13. The number of carbonyl (C=O) groups is 1. The molecule has 0 aliphatic heterocycles. The molecule has 2 N–H and O–H groups in total. The Morgan fingerprint density at radius 1 is 1.33 bits per heavy atom. The lowest BCUT2D eigenvalue weighted by molar-refractivity contribution is 0.0509. The summed E-state index contributed by atoms with van der Waals surface area (Å²) in [5.41, 5.74) is 1.50. The molecule has 0 heterocycles. The number of hydrogen-bond acceptors (Lipinski definition) is 3. The van der Waals surface area contributed by atoms with Crippen LogP contribution in [-0.4, -0.2) is 53.7 Å². The van der Waals surface area contributed by atoms with Crippen LogP contribution in [0, 0.1) is 18.8 Å². The molecule has 1 amide bonds. The Morgan fingerprint density at radius 3 is 2.62 bits per heavy atom. The predicted octanol–water partition coefficient (Wildman–Crippen LogP) is 1.04. The molecular weight excluding hydrogens is 280 g/mol. The van der Waals surface area contributed by atoms with Crippen LogP contribution in [0.1, 0.15) is 21.5 Å². The molecule has 0 spiro atoms. The van der Waals surface area contributed by atoms with Gasteiger partial charge in [0, 0.05) is 17.7 Å². The van der Waals surface area contributed by atoms with Crippen LogP contribution < -0.4 is 0 Å². The number of rotatable bonds is 5. The smallest absolute Gasteiger partial charge is 0.255 e. The molecule has 0 atom stereocenters. The van der Waals surface area contributed by atoms with Gasteiger partial charge in [-0.15, -0.1) is 0 Å². The number of aliphatic hydroxyl groups excluding tert-OH is 2. The van der Waals surface area contributed by atoms with Crippen molar-refractivity contribution in [3.05, 3.63) is 34.9 Å². The average Bonchev–Trinajstić information content (AvgIpc) is 2.43. The molecule has 0 radical (unpaired) electrons. The van der Waals surface area contributed by atoms with Crippen molar-refractivity contribution in [3.8, 4) is 11.8 Å². The third-order valence-electron chi connectivity index (χ3n) is 2.65. The van der Waals surface area contributed by atoms with Crippen molar-refractivity contribution in [1.82, 2.24) is 4.90 Å². The van der Waals surface area contributed by atoms with Gasteiger partial charge in [-0.3, -0.25) is 4.79 Å². The maximum absolute atomic E-state index is 12.5. The van der Waals surface area contributed by atoms with E-state index >= 15 is 0 Å². The molecule has 0 bridgehead atoms. The van der Waals surface area contributed by atoms with E-state index in [9.17, 15) is 13.6 Å². The number of alkyl halides is 2. The van der Waals surface area contributed by atoms with Crippen molar-refractivity contribution >= 4 is 5.91 Å². The van der Waals surface area contributed by atoms with Crippen molar-refractivity contribution in [1.29, 1.82) is 0 Å². The Kier molecular flexibility index (Phi) is 6.79. The van der Waals surface area contributed by atoms with Crippen LogP contribution in [0.25, 0.3) is 0 Å². The Labute approximate surface area is 122 Å². The summed E-state index contributed by atoms with van der Waals surface area (Å²) in [5.74, 6) is 4.56. The highest BCUT2D eigenvalue weighted by molar-refractivity contribution is 5.94. The number of benzene rings is 1. The van der Waals surface area contributed by atoms with E-state index in [1.54, 1.807) is 19.1 Å². The van der Waals surface area contributed by atoms with Gasteiger partial charge in [0.15, 0.2) is 0 Å². The number of amides is 1. The lowest BCUT2D eigenvalue weighted by Gasteiger charge is -2.21. The van der Waals surface area contributed by atoms with E-state index in [0.29, 0.717) is 5.56 Å². The quantitative estimate of drug-likeness (QED) is 0.798. The molecule has 1 aromatic carbocycles. The van der Waals surface area contributed by atoms with Gasteiger partial charge in [0.05, 0.1) is 13.2 Å². The second-order valence-electron chi connectivity index (χ2n) is 4.41. The van der Waals surface area contributed by atoms with Gasteiger partial charge < -0.3 is 15.1 Å². The summed E-state index contributed by atoms with van der Waals surface area (Å²) in [4.78, 5) is 13.1. The molecule has 0 saturated heterocycles. The van der Waals surface area contributed by atoms with E-state index in [2.05, 4.69) is 11.8 Å². The largest absolute Gasteiger partial charge is 0.395 e. The highest BCUT2D eigenvalue weighted by atomic mass is 19.3. The molecular formula is C15H17F2NO3. The van der Waals surface area contributed by atoms with Crippen LogP contribution in [0.5, 0.6) is 0 Å². The standard InChI is InChI=1S/C15H17F2NO3/c1-11-7-12(3-2-5-19)9-13(8-11)15(21)18(4-6-20)10-14(16)17/h7-9,14,19-20H,4-6,10H2,1H3. The predicted molar refractivity (Wildman–Crippen MR) is 74.1 cm³/mol. The van der Waals surface area contributed by atoms with Crippen LogP contribution in [0.4, 0.5) is 8.78 Å². The van der Waals surface area contributed by atoms with Crippen LogP contribution >= 0.6 is 0 Å². The maximum atomic E-state index is 12.5. The second kappa shape index (κ2) is 8.35.